The number of amides is 1. The van der Waals surface area contributed by atoms with Gasteiger partial charge in [-0.2, -0.15) is 5.26 Å². The fraction of sp³-hybridized carbons (Fsp3) is 0.250. The summed E-state index contributed by atoms with van der Waals surface area (Å²) in [4.78, 5) is 23.3. The quantitative estimate of drug-likeness (QED) is 0.846. The minimum absolute atomic E-state index is 0.0675. The minimum Gasteiger partial charge on any atom is -0.478 e. The van der Waals surface area contributed by atoms with E-state index in [-0.39, 0.29) is 28.7 Å². The number of hydrogen-bond donors (Lipinski definition) is 2. The van der Waals surface area contributed by atoms with Gasteiger partial charge in [-0.05, 0) is 23.3 Å². The number of carbonyl (C=O) groups is 2. The molecule has 2 aromatic carbocycles. The fourth-order valence-electron chi connectivity index (χ4n) is 3.15. The van der Waals surface area contributed by atoms with Crippen LogP contribution in [0.2, 0.25) is 0 Å². The summed E-state index contributed by atoms with van der Waals surface area (Å²) in [6.07, 6.45) is 0.299. The van der Waals surface area contributed by atoms with Crippen LogP contribution in [0, 0.1) is 17.2 Å². The molecule has 1 aliphatic rings. The van der Waals surface area contributed by atoms with Crippen LogP contribution in [-0.2, 0) is 10.5 Å². The molecule has 26 heavy (non-hydrogen) atoms. The zero-order chi connectivity index (χ0) is 18.5. The van der Waals surface area contributed by atoms with E-state index >= 15 is 0 Å². The Kier molecular flexibility index (Phi) is 5.59. The molecule has 0 aromatic heterocycles. The van der Waals surface area contributed by atoms with Crippen molar-refractivity contribution in [2.24, 2.45) is 5.92 Å². The van der Waals surface area contributed by atoms with E-state index in [9.17, 15) is 14.9 Å². The summed E-state index contributed by atoms with van der Waals surface area (Å²) in [6.45, 7) is 0. The van der Waals surface area contributed by atoms with Crippen LogP contribution >= 0.6 is 11.8 Å². The summed E-state index contributed by atoms with van der Waals surface area (Å²) in [5.41, 5.74) is 2.07. The number of piperidine rings is 1. The molecule has 3 rings (SSSR count). The molecule has 0 saturated carbocycles. The molecule has 3 atom stereocenters. The Bertz CT molecular complexity index is 848. The molecule has 2 aromatic rings. The molecule has 3 unspecified atom stereocenters. The summed E-state index contributed by atoms with van der Waals surface area (Å²) >= 11 is 1.46. The number of thioether (sulfide) groups is 1. The summed E-state index contributed by atoms with van der Waals surface area (Å²) in [6, 6.07) is 18.7. The third kappa shape index (κ3) is 4.06. The topological polar surface area (TPSA) is 90.2 Å². The monoisotopic (exact) mass is 366 g/mol. The Hall–Kier alpha value is -2.78. The van der Waals surface area contributed by atoms with Crippen LogP contribution in [0.25, 0.3) is 0 Å². The van der Waals surface area contributed by atoms with E-state index < -0.39 is 5.97 Å². The third-order valence-corrected chi connectivity index (χ3v) is 5.72. The van der Waals surface area contributed by atoms with Crippen molar-refractivity contribution in [2.75, 3.05) is 0 Å². The normalized spacial score (nSPS) is 22.3. The van der Waals surface area contributed by atoms with E-state index in [0.29, 0.717) is 12.2 Å². The van der Waals surface area contributed by atoms with Crippen molar-refractivity contribution < 1.29 is 14.7 Å². The predicted molar refractivity (Wildman–Crippen MR) is 99.5 cm³/mol. The van der Waals surface area contributed by atoms with Gasteiger partial charge in [-0.1, -0.05) is 42.5 Å². The second kappa shape index (κ2) is 8.07. The van der Waals surface area contributed by atoms with Crippen LogP contribution in [0.4, 0.5) is 0 Å². The van der Waals surface area contributed by atoms with Gasteiger partial charge in [0.25, 0.3) is 0 Å². The molecule has 1 aliphatic heterocycles. The highest BCUT2D eigenvalue weighted by molar-refractivity contribution is 7.99. The Labute approximate surface area is 156 Å². The molecule has 0 spiro atoms. The van der Waals surface area contributed by atoms with Gasteiger partial charge in [0.1, 0.15) is 0 Å². The number of benzene rings is 2. The Morgan fingerprint density at radius 1 is 1.23 bits per heavy atom. The SMILES string of the molecule is N#CC1C(SCc2cccc(C(=O)O)c2)NC(=O)CC1c1ccccc1. The van der Waals surface area contributed by atoms with E-state index in [4.69, 9.17) is 5.11 Å². The summed E-state index contributed by atoms with van der Waals surface area (Å²) < 4.78 is 0. The number of nitrogens with one attached hydrogen (secondary N) is 1. The number of hydrogen-bond acceptors (Lipinski definition) is 4. The van der Waals surface area contributed by atoms with Crippen molar-refractivity contribution in [3.8, 4) is 6.07 Å². The van der Waals surface area contributed by atoms with Crippen LogP contribution in [-0.4, -0.2) is 22.4 Å². The Balaban J connectivity index is 1.76. The number of carboxylic acids is 1. The largest absolute Gasteiger partial charge is 0.478 e. The lowest BCUT2D eigenvalue weighted by Gasteiger charge is -2.34. The molecule has 1 saturated heterocycles. The van der Waals surface area contributed by atoms with E-state index in [2.05, 4.69) is 11.4 Å². The number of aromatic carboxylic acids is 1. The van der Waals surface area contributed by atoms with E-state index in [1.807, 2.05) is 36.4 Å². The van der Waals surface area contributed by atoms with Gasteiger partial charge in [0.05, 0.1) is 22.9 Å². The second-order valence-electron chi connectivity index (χ2n) is 6.18. The number of rotatable bonds is 5. The lowest BCUT2D eigenvalue weighted by atomic mass is 9.81. The van der Waals surface area contributed by atoms with Crippen molar-refractivity contribution in [1.29, 1.82) is 5.26 Å². The highest BCUT2D eigenvalue weighted by atomic mass is 32.2. The van der Waals surface area contributed by atoms with Gasteiger partial charge in [-0.25, -0.2) is 4.79 Å². The van der Waals surface area contributed by atoms with Gasteiger partial charge in [-0.3, -0.25) is 4.79 Å². The molecule has 1 amide bonds. The highest BCUT2D eigenvalue weighted by Crippen LogP contribution is 2.38. The first-order valence-corrected chi connectivity index (χ1v) is 9.31. The van der Waals surface area contributed by atoms with E-state index in [1.54, 1.807) is 18.2 Å². The molecular weight excluding hydrogens is 348 g/mol. The average Bonchev–Trinajstić information content (AvgIpc) is 2.66. The zero-order valence-corrected chi connectivity index (χ0v) is 14.8. The van der Waals surface area contributed by atoms with Gasteiger partial charge < -0.3 is 10.4 Å². The molecule has 2 N–H and O–H groups in total. The molecule has 0 bridgehead atoms. The third-order valence-electron chi connectivity index (χ3n) is 4.45. The van der Waals surface area contributed by atoms with Crippen LogP contribution in [0.3, 0.4) is 0 Å². The number of nitriles is 1. The Morgan fingerprint density at radius 3 is 2.69 bits per heavy atom. The van der Waals surface area contributed by atoms with Crippen molar-refractivity contribution in [3.63, 3.8) is 0 Å². The van der Waals surface area contributed by atoms with Crippen molar-refractivity contribution in [1.82, 2.24) is 5.32 Å². The number of nitrogens with zero attached hydrogens (tertiary/aromatic N) is 1. The molecular formula is C20H18N2O3S. The molecule has 132 valence electrons. The van der Waals surface area contributed by atoms with Crippen LogP contribution < -0.4 is 5.32 Å². The lowest BCUT2D eigenvalue weighted by molar-refractivity contribution is -0.123. The standard InChI is InChI=1S/C20H18N2O3S/c21-11-17-16(14-6-2-1-3-7-14)10-18(23)22-19(17)26-12-13-5-4-8-15(9-13)20(24)25/h1-9,16-17,19H,10,12H2,(H,22,23)(H,24,25). The van der Waals surface area contributed by atoms with Gasteiger partial charge in [0.15, 0.2) is 0 Å². The highest BCUT2D eigenvalue weighted by Gasteiger charge is 2.38. The summed E-state index contributed by atoms with van der Waals surface area (Å²) in [5.74, 6) is -1.00. The molecule has 0 radical (unpaired) electrons. The first kappa shape index (κ1) is 18.0. The maximum atomic E-state index is 12.2. The van der Waals surface area contributed by atoms with Gasteiger partial charge in [0, 0.05) is 18.1 Å². The fourth-order valence-corrected chi connectivity index (χ4v) is 4.38. The first-order valence-electron chi connectivity index (χ1n) is 8.26. The maximum absolute atomic E-state index is 12.2. The predicted octanol–water partition coefficient (Wildman–Crippen LogP) is 3.39. The maximum Gasteiger partial charge on any atom is 0.335 e. The average molecular weight is 366 g/mol. The Morgan fingerprint density at radius 2 is 2.00 bits per heavy atom. The number of carbonyl (C=O) groups excluding carboxylic acids is 1. The molecule has 1 fully saturated rings. The van der Waals surface area contributed by atoms with Gasteiger partial charge in [0.2, 0.25) is 5.91 Å². The second-order valence-corrected chi connectivity index (χ2v) is 7.31. The van der Waals surface area contributed by atoms with Crippen molar-refractivity contribution in [2.45, 2.75) is 23.5 Å². The zero-order valence-electron chi connectivity index (χ0n) is 14.0. The van der Waals surface area contributed by atoms with E-state index in [0.717, 1.165) is 11.1 Å². The van der Waals surface area contributed by atoms with Crippen LogP contribution in [0.15, 0.2) is 54.6 Å². The minimum atomic E-state index is -0.970. The summed E-state index contributed by atoms with van der Waals surface area (Å²) in [5, 5.41) is 21.4. The van der Waals surface area contributed by atoms with Crippen molar-refractivity contribution >= 4 is 23.6 Å². The van der Waals surface area contributed by atoms with Gasteiger partial charge >= 0.3 is 5.97 Å². The summed E-state index contributed by atoms with van der Waals surface area (Å²) in [7, 11) is 0. The van der Waals surface area contributed by atoms with Gasteiger partial charge in [-0.15, -0.1) is 11.8 Å². The lowest BCUT2D eigenvalue weighted by Crippen LogP contribution is -2.46. The van der Waals surface area contributed by atoms with E-state index in [1.165, 1.54) is 11.8 Å². The molecule has 0 aliphatic carbocycles. The first-order chi connectivity index (χ1) is 12.6. The van der Waals surface area contributed by atoms with Crippen LogP contribution in [0.1, 0.15) is 33.8 Å². The molecule has 1 heterocycles. The molecule has 6 heteroatoms. The smallest absolute Gasteiger partial charge is 0.335 e. The van der Waals surface area contributed by atoms with Crippen LogP contribution in [0.5, 0.6) is 0 Å². The van der Waals surface area contributed by atoms with Crippen molar-refractivity contribution in [3.05, 3.63) is 71.3 Å². The number of carboxylic acid groups (broad SMARTS) is 1. The molecule has 5 nitrogen and oxygen atoms in total.